The number of nitrogens with zero attached hydrogens (tertiary/aromatic N) is 2. The highest BCUT2D eigenvalue weighted by molar-refractivity contribution is 14.0. The molecular weight excluding hydrogens is 515 g/mol. The average Bonchev–Trinajstić information content (AvgIpc) is 3.15. The van der Waals surface area contributed by atoms with Crippen molar-refractivity contribution < 1.29 is 13.2 Å². The lowest BCUT2D eigenvalue weighted by molar-refractivity contribution is 0.204. The van der Waals surface area contributed by atoms with Crippen molar-refractivity contribution in [2.24, 2.45) is 4.99 Å². The highest BCUT2D eigenvalue weighted by Crippen LogP contribution is 2.27. The SMILES string of the molecule is CCNC(=NCc1cccc(S(=O)(=O)NCCOC)c1)N1CCc2ccccc21.I. The molecule has 2 aromatic rings. The second-order valence-electron chi connectivity index (χ2n) is 6.74. The van der Waals surface area contributed by atoms with Crippen LogP contribution in [-0.4, -0.2) is 47.7 Å². The zero-order valence-corrected chi connectivity index (χ0v) is 20.4. The Bertz CT molecular complexity index is 966. The number of hydrogen-bond acceptors (Lipinski definition) is 4. The fourth-order valence-electron chi connectivity index (χ4n) is 3.29. The summed E-state index contributed by atoms with van der Waals surface area (Å²) < 4.78 is 32.3. The van der Waals surface area contributed by atoms with Crippen LogP contribution in [0.2, 0.25) is 0 Å². The standard InChI is InChI=1S/C21H28N4O3S.HI/c1-3-22-21(25-13-11-18-8-4-5-10-20(18)25)23-16-17-7-6-9-19(15-17)29(26,27)24-12-14-28-2;/h4-10,15,24H,3,11-14,16H2,1-2H3,(H,22,23);1H. The molecule has 0 aromatic heterocycles. The normalized spacial score (nSPS) is 13.7. The van der Waals surface area contributed by atoms with Crippen molar-refractivity contribution in [1.82, 2.24) is 10.0 Å². The van der Waals surface area contributed by atoms with E-state index in [1.807, 2.05) is 19.1 Å². The summed E-state index contributed by atoms with van der Waals surface area (Å²) in [6.45, 7) is 4.63. The molecule has 1 heterocycles. The van der Waals surface area contributed by atoms with Gasteiger partial charge in [0.1, 0.15) is 0 Å². The van der Waals surface area contributed by atoms with Crippen LogP contribution < -0.4 is 14.9 Å². The molecule has 164 valence electrons. The number of aliphatic imine (C=N–C) groups is 1. The molecule has 0 aliphatic carbocycles. The Labute approximate surface area is 196 Å². The number of hydrogen-bond donors (Lipinski definition) is 2. The minimum Gasteiger partial charge on any atom is -0.383 e. The topological polar surface area (TPSA) is 83.0 Å². The molecule has 2 aromatic carbocycles. The first-order valence-electron chi connectivity index (χ1n) is 9.76. The van der Waals surface area contributed by atoms with Gasteiger partial charge < -0.3 is 15.0 Å². The molecule has 7 nitrogen and oxygen atoms in total. The Balaban J connectivity index is 0.00000320. The predicted octanol–water partition coefficient (Wildman–Crippen LogP) is 2.76. The van der Waals surface area contributed by atoms with Crippen molar-refractivity contribution in [3.05, 3.63) is 59.7 Å². The van der Waals surface area contributed by atoms with Gasteiger partial charge in [-0.1, -0.05) is 30.3 Å². The molecule has 1 aliphatic rings. The molecule has 1 aliphatic heterocycles. The third-order valence-corrected chi connectivity index (χ3v) is 6.15. The minimum absolute atomic E-state index is 0. The molecule has 30 heavy (non-hydrogen) atoms. The Morgan fingerprint density at radius 1 is 1.20 bits per heavy atom. The van der Waals surface area contributed by atoms with Crippen LogP contribution in [0.25, 0.3) is 0 Å². The van der Waals surface area contributed by atoms with Crippen LogP contribution in [0.1, 0.15) is 18.1 Å². The molecule has 0 atom stereocenters. The second-order valence-corrected chi connectivity index (χ2v) is 8.51. The maximum absolute atomic E-state index is 12.4. The van der Waals surface area contributed by atoms with Crippen LogP contribution in [-0.2, 0) is 27.7 Å². The average molecular weight is 544 g/mol. The van der Waals surface area contributed by atoms with Gasteiger partial charge in [-0.05, 0) is 42.7 Å². The highest BCUT2D eigenvalue weighted by Gasteiger charge is 2.22. The fourth-order valence-corrected chi connectivity index (χ4v) is 4.37. The number of benzene rings is 2. The summed E-state index contributed by atoms with van der Waals surface area (Å²) in [6.07, 6.45) is 0.988. The highest BCUT2D eigenvalue weighted by atomic mass is 127. The number of para-hydroxylation sites is 1. The van der Waals surface area contributed by atoms with Crippen molar-refractivity contribution in [1.29, 1.82) is 0 Å². The van der Waals surface area contributed by atoms with E-state index in [9.17, 15) is 8.42 Å². The summed E-state index contributed by atoms with van der Waals surface area (Å²) in [5, 5.41) is 3.35. The first-order valence-corrected chi connectivity index (χ1v) is 11.2. The predicted molar refractivity (Wildman–Crippen MR) is 131 cm³/mol. The number of methoxy groups -OCH3 is 1. The van der Waals surface area contributed by atoms with Gasteiger partial charge in [-0.25, -0.2) is 18.1 Å². The number of rotatable bonds is 8. The quantitative estimate of drug-likeness (QED) is 0.231. The molecule has 2 N–H and O–H groups in total. The summed E-state index contributed by atoms with van der Waals surface area (Å²) in [6, 6.07) is 15.2. The monoisotopic (exact) mass is 544 g/mol. The first-order chi connectivity index (χ1) is 14.0. The number of fused-ring (bicyclic) bond motifs is 1. The fraction of sp³-hybridized carbons (Fsp3) is 0.381. The molecule has 0 saturated heterocycles. The van der Waals surface area contributed by atoms with Crippen molar-refractivity contribution in [3.63, 3.8) is 0 Å². The molecule has 0 spiro atoms. The smallest absolute Gasteiger partial charge is 0.240 e. The van der Waals surface area contributed by atoms with E-state index >= 15 is 0 Å². The summed E-state index contributed by atoms with van der Waals surface area (Å²) >= 11 is 0. The minimum atomic E-state index is -3.56. The Morgan fingerprint density at radius 3 is 2.77 bits per heavy atom. The van der Waals surface area contributed by atoms with Crippen LogP contribution >= 0.6 is 24.0 Å². The molecule has 0 amide bonds. The van der Waals surface area contributed by atoms with E-state index in [0.717, 1.165) is 31.0 Å². The lowest BCUT2D eigenvalue weighted by atomic mass is 10.2. The molecule has 9 heteroatoms. The molecule has 0 saturated carbocycles. The van der Waals surface area contributed by atoms with Crippen molar-refractivity contribution in [2.75, 3.05) is 38.3 Å². The number of halogens is 1. The van der Waals surface area contributed by atoms with Crippen molar-refractivity contribution in [3.8, 4) is 0 Å². The van der Waals surface area contributed by atoms with E-state index < -0.39 is 10.0 Å². The van der Waals surface area contributed by atoms with Gasteiger partial charge in [-0.15, -0.1) is 24.0 Å². The molecule has 3 rings (SSSR count). The molecule has 0 bridgehead atoms. The summed E-state index contributed by atoms with van der Waals surface area (Å²) in [7, 11) is -2.03. The Morgan fingerprint density at radius 2 is 2.00 bits per heavy atom. The van der Waals surface area contributed by atoms with Gasteiger partial charge in [-0.2, -0.15) is 0 Å². The molecule has 0 radical (unpaired) electrons. The van der Waals surface area contributed by atoms with E-state index in [-0.39, 0.29) is 35.4 Å². The molecule has 0 unspecified atom stereocenters. The third kappa shape index (κ3) is 6.16. The summed E-state index contributed by atoms with van der Waals surface area (Å²) in [4.78, 5) is 7.18. The van der Waals surface area contributed by atoms with Gasteiger partial charge in [0.25, 0.3) is 0 Å². The van der Waals surface area contributed by atoms with Crippen LogP contribution in [0.5, 0.6) is 0 Å². The molecular formula is C21H29IN4O3S. The molecule has 0 fully saturated rings. The van der Waals surface area contributed by atoms with Gasteiger partial charge in [-0.3, -0.25) is 0 Å². The van der Waals surface area contributed by atoms with Gasteiger partial charge >= 0.3 is 0 Å². The second kappa shape index (κ2) is 11.6. The summed E-state index contributed by atoms with van der Waals surface area (Å²) in [5.74, 6) is 0.809. The zero-order valence-electron chi connectivity index (χ0n) is 17.3. The lowest BCUT2D eigenvalue weighted by Crippen LogP contribution is -2.40. The van der Waals surface area contributed by atoms with Crippen molar-refractivity contribution >= 4 is 45.6 Å². The maximum atomic E-state index is 12.4. The van der Waals surface area contributed by atoms with Gasteiger partial charge in [0.15, 0.2) is 5.96 Å². The van der Waals surface area contributed by atoms with Crippen LogP contribution in [0.3, 0.4) is 0 Å². The first kappa shape index (κ1) is 24.6. The van der Waals surface area contributed by atoms with Gasteiger partial charge in [0.05, 0.1) is 18.0 Å². The summed E-state index contributed by atoms with van der Waals surface area (Å²) in [5.41, 5.74) is 3.32. The van der Waals surface area contributed by atoms with E-state index in [1.54, 1.807) is 18.2 Å². The van der Waals surface area contributed by atoms with E-state index in [1.165, 1.54) is 18.4 Å². The van der Waals surface area contributed by atoms with Crippen molar-refractivity contribution in [2.45, 2.75) is 24.8 Å². The van der Waals surface area contributed by atoms with Gasteiger partial charge in [0.2, 0.25) is 10.0 Å². The van der Waals surface area contributed by atoms with Gasteiger partial charge in [0, 0.05) is 32.4 Å². The maximum Gasteiger partial charge on any atom is 0.240 e. The number of anilines is 1. The van der Waals surface area contributed by atoms with E-state index in [0.29, 0.717) is 13.2 Å². The number of sulfonamides is 1. The van der Waals surface area contributed by atoms with Crippen LogP contribution in [0.15, 0.2) is 58.4 Å². The van der Waals surface area contributed by atoms with E-state index in [4.69, 9.17) is 9.73 Å². The van der Waals surface area contributed by atoms with E-state index in [2.05, 4.69) is 33.1 Å². The van der Waals surface area contributed by atoms with Crippen LogP contribution in [0.4, 0.5) is 5.69 Å². The largest absolute Gasteiger partial charge is 0.383 e. The Kier molecular flexibility index (Phi) is 9.53. The zero-order chi connectivity index (χ0) is 20.7. The number of guanidine groups is 1. The third-order valence-electron chi connectivity index (χ3n) is 4.70. The number of nitrogens with one attached hydrogen (secondary N) is 2. The van der Waals surface area contributed by atoms with Crippen LogP contribution in [0, 0.1) is 0 Å². The number of ether oxygens (including phenoxy) is 1. The lowest BCUT2D eigenvalue weighted by Gasteiger charge is -2.22. The Hall–Kier alpha value is -1.69.